The number of ether oxygens (including phenoxy) is 2. The molecule has 0 N–H and O–H groups in total. The molecule has 0 saturated heterocycles. The summed E-state index contributed by atoms with van der Waals surface area (Å²) in [5.74, 6) is 1.49. The first-order valence-electron chi connectivity index (χ1n) is 10.3. The van der Waals surface area contributed by atoms with Gasteiger partial charge in [0.1, 0.15) is 17.1 Å². The number of sulfonamides is 1. The topological polar surface area (TPSA) is 55.8 Å². The Morgan fingerprint density at radius 3 is 2.39 bits per heavy atom. The molecule has 6 heteroatoms. The van der Waals surface area contributed by atoms with Crippen molar-refractivity contribution in [1.29, 1.82) is 0 Å². The van der Waals surface area contributed by atoms with Crippen molar-refractivity contribution in [1.82, 2.24) is 0 Å². The molecule has 4 rings (SSSR count). The van der Waals surface area contributed by atoms with Crippen LogP contribution in [0.15, 0.2) is 77.7 Å². The van der Waals surface area contributed by atoms with Crippen LogP contribution >= 0.6 is 0 Å². The molecule has 0 spiro atoms. The summed E-state index contributed by atoms with van der Waals surface area (Å²) in [6.07, 6.45) is 1.84. The molecule has 1 heterocycles. The molecule has 31 heavy (non-hydrogen) atoms. The number of rotatable bonds is 6. The molecule has 162 valence electrons. The normalized spacial score (nSPS) is 14.9. The second-order valence-corrected chi connectivity index (χ2v) is 10.2. The van der Waals surface area contributed by atoms with Crippen LogP contribution in [0.2, 0.25) is 0 Å². The van der Waals surface area contributed by atoms with Crippen molar-refractivity contribution in [2.75, 3.05) is 11.4 Å². The molecule has 3 aromatic carbocycles. The molecular formula is C25H27NO4S. The van der Waals surface area contributed by atoms with Gasteiger partial charge in [0.05, 0.1) is 24.2 Å². The van der Waals surface area contributed by atoms with Gasteiger partial charge in [-0.25, -0.2) is 8.42 Å². The highest BCUT2D eigenvalue weighted by atomic mass is 32.2. The Morgan fingerprint density at radius 1 is 1.00 bits per heavy atom. The number of anilines is 1. The van der Waals surface area contributed by atoms with Crippen molar-refractivity contribution in [3.8, 4) is 11.5 Å². The monoisotopic (exact) mass is 437 g/mol. The van der Waals surface area contributed by atoms with E-state index in [0.29, 0.717) is 11.4 Å². The highest BCUT2D eigenvalue weighted by Gasteiger charge is 2.28. The maximum atomic E-state index is 13.6. The second kappa shape index (κ2) is 8.27. The summed E-state index contributed by atoms with van der Waals surface area (Å²) in [5, 5.41) is 0. The van der Waals surface area contributed by atoms with E-state index in [0.717, 1.165) is 29.7 Å². The molecule has 0 saturated carbocycles. The fourth-order valence-electron chi connectivity index (χ4n) is 3.76. The highest BCUT2D eigenvalue weighted by Crippen LogP contribution is 2.34. The van der Waals surface area contributed by atoms with Crippen LogP contribution in [-0.2, 0) is 23.0 Å². The minimum Gasteiger partial charge on any atom is -0.497 e. The van der Waals surface area contributed by atoms with Gasteiger partial charge in [0.25, 0.3) is 10.0 Å². The Kier molecular flexibility index (Phi) is 5.67. The molecule has 1 aliphatic heterocycles. The van der Waals surface area contributed by atoms with E-state index in [1.54, 1.807) is 31.4 Å². The van der Waals surface area contributed by atoms with Crippen molar-refractivity contribution < 1.29 is 17.9 Å². The largest absolute Gasteiger partial charge is 0.497 e. The summed E-state index contributed by atoms with van der Waals surface area (Å²) in [4.78, 5) is 0.222. The number of para-hydroxylation sites is 1. The maximum absolute atomic E-state index is 13.6. The van der Waals surface area contributed by atoms with Gasteiger partial charge >= 0.3 is 0 Å². The zero-order valence-corrected chi connectivity index (χ0v) is 18.9. The molecule has 0 aromatic heterocycles. The Bertz CT molecular complexity index is 1160. The fourth-order valence-corrected chi connectivity index (χ4v) is 5.21. The van der Waals surface area contributed by atoms with Crippen LogP contribution in [0, 0.1) is 0 Å². The van der Waals surface area contributed by atoms with Crippen molar-refractivity contribution in [3.05, 3.63) is 83.9 Å². The Hall–Kier alpha value is -2.99. The molecule has 1 aliphatic rings. The summed E-state index contributed by atoms with van der Waals surface area (Å²) in [7, 11) is -2.21. The number of aryl methyl sites for hydroxylation is 1. The lowest BCUT2D eigenvalue weighted by atomic mass is 9.93. The number of hydrogen-bond donors (Lipinski definition) is 0. The third kappa shape index (κ3) is 4.54. The number of methoxy groups -OCH3 is 1. The predicted octanol–water partition coefficient (Wildman–Crippen LogP) is 5.19. The van der Waals surface area contributed by atoms with Crippen LogP contribution in [0.5, 0.6) is 11.5 Å². The van der Waals surface area contributed by atoms with Crippen LogP contribution in [0.4, 0.5) is 5.69 Å². The van der Waals surface area contributed by atoms with Gasteiger partial charge in [-0.05, 0) is 80.3 Å². The van der Waals surface area contributed by atoms with E-state index in [9.17, 15) is 8.42 Å². The molecular weight excluding hydrogens is 410 g/mol. The molecule has 0 radical (unpaired) electrons. The number of hydrogen-bond acceptors (Lipinski definition) is 4. The van der Waals surface area contributed by atoms with E-state index in [-0.39, 0.29) is 17.0 Å². The average molecular weight is 438 g/mol. The van der Waals surface area contributed by atoms with E-state index in [2.05, 4.69) is 19.9 Å². The highest BCUT2D eigenvalue weighted by molar-refractivity contribution is 7.92. The van der Waals surface area contributed by atoms with Crippen molar-refractivity contribution in [2.45, 2.75) is 43.7 Å². The van der Waals surface area contributed by atoms with E-state index < -0.39 is 10.0 Å². The molecule has 0 atom stereocenters. The lowest BCUT2D eigenvalue weighted by Crippen LogP contribution is -2.33. The molecule has 3 aromatic rings. The van der Waals surface area contributed by atoms with Gasteiger partial charge in [0.15, 0.2) is 0 Å². The second-order valence-electron chi connectivity index (χ2n) is 8.33. The summed E-state index contributed by atoms with van der Waals surface area (Å²) < 4.78 is 39.8. The van der Waals surface area contributed by atoms with Crippen LogP contribution < -0.4 is 13.8 Å². The SMILES string of the molecule is COc1ccc(S(=O)(=O)N(Cc2ccc3c(c2)CCC(C)(C)O3)c2ccccc2)cc1. The lowest BCUT2D eigenvalue weighted by molar-refractivity contribution is 0.0846. The standard InChI is InChI=1S/C25H27NO4S/c1-25(2)16-15-20-17-19(9-14-24(20)30-25)18-26(21-7-5-4-6-8-21)31(27,28)23-12-10-22(29-3)11-13-23/h4-14,17H,15-16,18H2,1-3H3. The lowest BCUT2D eigenvalue weighted by Gasteiger charge is -2.33. The van der Waals surface area contributed by atoms with Crippen molar-refractivity contribution >= 4 is 15.7 Å². The Balaban J connectivity index is 1.70. The van der Waals surface area contributed by atoms with E-state index in [1.165, 1.54) is 4.31 Å². The molecule has 0 aliphatic carbocycles. The number of benzene rings is 3. The van der Waals surface area contributed by atoms with Gasteiger partial charge in [-0.15, -0.1) is 0 Å². The summed E-state index contributed by atoms with van der Waals surface area (Å²) >= 11 is 0. The van der Waals surface area contributed by atoms with Crippen LogP contribution in [-0.4, -0.2) is 21.1 Å². The van der Waals surface area contributed by atoms with Gasteiger partial charge in [-0.1, -0.05) is 30.3 Å². The minimum absolute atomic E-state index is 0.178. The molecule has 5 nitrogen and oxygen atoms in total. The first-order chi connectivity index (χ1) is 14.8. The Morgan fingerprint density at radius 2 is 1.71 bits per heavy atom. The summed E-state index contributed by atoms with van der Waals surface area (Å²) in [5.41, 5.74) is 2.48. The third-order valence-corrected chi connectivity index (χ3v) is 7.31. The van der Waals surface area contributed by atoms with E-state index in [4.69, 9.17) is 9.47 Å². The summed E-state index contributed by atoms with van der Waals surface area (Å²) in [6, 6.07) is 21.6. The summed E-state index contributed by atoms with van der Waals surface area (Å²) in [6.45, 7) is 4.40. The number of fused-ring (bicyclic) bond motifs is 1. The maximum Gasteiger partial charge on any atom is 0.264 e. The molecule has 0 unspecified atom stereocenters. The van der Waals surface area contributed by atoms with Gasteiger partial charge in [-0.2, -0.15) is 0 Å². The first-order valence-corrected chi connectivity index (χ1v) is 11.8. The zero-order valence-electron chi connectivity index (χ0n) is 18.0. The molecule has 0 fully saturated rings. The fraction of sp³-hybridized carbons (Fsp3) is 0.280. The van der Waals surface area contributed by atoms with Crippen LogP contribution in [0.25, 0.3) is 0 Å². The van der Waals surface area contributed by atoms with E-state index in [1.807, 2.05) is 42.5 Å². The van der Waals surface area contributed by atoms with Gasteiger partial charge in [0.2, 0.25) is 0 Å². The average Bonchev–Trinajstić information content (AvgIpc) is 2.77. The quantitative estimate of drug-likeness (QED) is 0.532. The first kappa shape index (κ1) is 21.2. The van der Waals surface area contributed by atoms with Gasteiger partial charge < -0.3 is 9.47 Å². The zero-order chi connectivity index (χ0) is 22.1. The van der Waals surface area contributed by atoms with Crippen LogP contribution in [0.3, 0.4) is 0 Å². The molecule has 0 bridgehead atoms. The van der Waals surface area contributed by atoms with Gasteiger partial charge in [-0.3, -0.25) is 4.31 Å². The smallest absolute Gasteiger partial charge is 0.264 e. The van der Waals surface area contributed by atoms with Gasteiger partial charge in [0, 0.05) is 0 Å². The Labute approximate surface area is 184 Å². The van der Waals surface area contributed by atoms with Crippen LogP contribution in [0.1, 0.15) is 31.4 Å². The number of nitrogens with zero attached hydrogens (tertiary/aromatic N) is 1. The van der Waals surface area contributed by atoms with E-state index >= 15 is 0 Å². The third-order valence-electron chi connectivity index (χ3n) is 5.53. The minimum atomic E-state index is -3.77. The van der Waals surface area contributed by atoms with Crippen molar-refractivity contribution in [3.63, 3.8) is 0 Å². The predicted molar refractivity (Wildman–Crippen MR) is 122 cm³/mol. The van der Waals surface area contributed by atoms with Crippen molar-refractivity contribution in [2.24, 2.45) is 0 Å². The molecule has 0 amide bonds.